The smallest absolute Gasteiger partial charge is 0.306 e. The number of rotatable bonds is 50. The van der Waals surface area contributed by atoms with Crippen molar-refractivity contribution < 1.29 is 28.6 Å². The van der Waals surface area contributed by atoms with Gasteiger partial charge in [-0.15, -0.1) is 0 Å². The van der Waals surface area contributed by atoms with E-state index in [0.717, 1.165) is 141 Å². The molecule has 0 aromatic rings. The van der Waals surface area contributed by atoms with Crippen LogP contribution in [0.4, 0.5) is 0 Å². The van der Waals surface area contributed by atoms with Gasteiger partial charge in [-0.25, -0.2) is 0 Å². The van der Waals surface area contributed by atoms with Gasteiger partial charge in [0.15, 0.2) is 6.10 Å². The molecule has 0 N–H and O–H groups in total. The van der Waals surface area contributed by atoms with E-state index in [1.54, 1.807) is 0 Å². The third-order valence-electron chi connectivity index (χ3n) is 11.5. The molecule has 6 heteroatoms. The van der Waals surface area contributed by atoms with Gasteiger partial charge in [-0.05, 0) is 122 Å². The van der Waals surface area contributed by atoms with Crippen molar-refractivity contribution >= 4 is 17.9 Å². The number of carbonyl (C=O) groups excluding carboxylic acids is 3. The van der Waals surface area contributed by atoms with Gasteiger partial charge in [-0.1, -0.05) is 249 Å². The highest BCUT2D eigenvalue weighted by Gasteiger charge is 2.19. The molecule has 0 aromatic heterocycles. The van der Waals surface area contributed by atoms with Crippen LogP contribution in [0.5, 0.6) is 0 Å². The Balaban J connectivity index is 4.27. The fourth-order valence-corrected chi connectivity index (χ4v) is 7.19. The van der Waals surface area contributed by atoms with Gasteiger partial charge in [0.2, 0.25) is 0 Å². The average molecular weight is 1020 g/mol. The van der Waals surface area contributed by atoms with E-state index < -0.39 is 12.1 Å². The summed E-state index contributed by atoms with van der Waals surface area (Å²) in [4.78, 5) is 37.9. The first-order valence-electron chi connectivity index (χ1n) is 29.1. The van der Waals surface area contributed by atoms with Gasteiger partial charge in [-0.2, -0.15) is 0 Å². The van der Waals surface area contributed by atoms with E-state index in [1.807, 2.05) is 12.2 Å². The molecule has 0 aliphatic rings. The molecule has 0 rings (SSSR count). The number of ether oxygens (including phenoxy) is 3. The molecule has 1 atom stereocenters. The highest BCUT2D eigenvalue weighted by molar-refractivity contribution is 5.71. The average Bonchev–Trinajstić information content (AvgIpc) is 3.40. The number of hydrogen-bond donors (Lipinski definition) is 0. The van der Waals surface area contributed by atoms with Crippen molar-refractivity contribution in [3.8, 4) is 0 Å². The molecule has 0 amide bonds. The Morgan fingerprint density at radius 1 is 0.284 bits per heavy atom. The summed E-state index contributed by atoms with van der Waals surface area (Å²) in [5, 5.41) is 0. The summed E-state index contributed by atoms with van der Waals surface area (Å²) in [5.74, 6) is -1.05. The fraction of sp³-hybridized carbons (Fsp3) is 0.544. The second-order valence-corrected chi connectivity index (χ2v) is 18.4. The minimum absolute atomic E-state index is 0.121. The van der Waals surface area contributed by atoms with Gasteiger partial charge in [-0.3, -0.25) is 14.4 Å². The van der Waals surface area contributed by atoms with Crippen LogP contribution in [0.2, 0.25) is 0 Å². The van der Waals surface area contributed by atoms with E-state index in [2.05, 4.69) is 179 Å². The summed E-state index contributed by atoms with van der Waals surface area (Å²) in [5.41, 5.74) is 0. The van der Waals surface area contributed by atoms with Gasteiger partial charge in [0.05, 0.1) is 0 Å². The van der Waals surface area contributed by atoms with Gasteiger partial charge in [0.1, 0.15) is 13.2 Å². The lowest BCUT2D eigenvalue weighted by molar-refractivity contribution is -0.166. The Morgan fingerprint density at radius 2 is 0.554 bits per heavy atom. The number of carbonyl (C=O) groups is 3. The van der Waals surface area contributed by atoms with Crippen LogP contribution >= 0.6 is 0 Å². The predicted molar refractivity (Wildman–Crippen MR) is 320 cm³/mol. The molecule has 0 saturated carbocycles. The maximum atomic E-state index is 12.7. The minimum Gasteiger partial charge on any atom is -0.462 e. The van der Waals surface area contributed by atoms with Gasteiger partial charge >= 0.3 is 17.9 Å². The normalized spacial score (nSPS) is 13.4. The molecule has 0 aliphatic heterocycles. The first-order chi connectivity index (χ1) is 36.5. The minimum atomic E-state index is -0.831. The molecule has 0 aromatic carbocycles. The van der Waals surface area contributed by atoms with Crippen LogP contribution in [0.1, 0.15) is 220 Å². The second-order valence-electron chi connectivity index (χ2n) is 18.4. The lowest BCUT2D eigenvalue weighted by atomic mass is 10.1. The van der Waals surface area contributed by atoms with Gasteiger partial charge < -0.3 is 14.2 Å². The molecular weight excluding hydrogens is 913 g/mol. The van der Waals surface area contributed by atoms with Crippen molar-refractivity contribution in [1.82, 2.24) is 0 Å². The highest BCUT2D eigenvalue weighted by Crippen LogP contribution is 2.12. The van der Waals surface area contributed by atoms with E-state index in [0.29, 0.717) is 19.3 Å². The van der Waals surface area contributed by atoms with E-state index in [1.165, 1.54) is 32.1 Å². The summed E-state index contributed by atoms with van der Waals surface area (Å²) in [6, 6.07) is 0. The Labute approximate surface area is 453 Å². The monoisotopic (exact) mass is 1020 g/mol. The predicted octanol–water partition coefficient (Wildman–Crippen LogP) is 19.9. The summed E-state index contributed by atoms with van der Waals surface area (Å²) < 4.78 is 16.7. The van der Waals surface area contributed by atoms with E-state index in [-0.39, 0.29) is 31.6 Å². The topological polar surface area (TPSA) is 78.9 Å². The van der Waals surface area contributed by atoms with Crippen molar-refractivity contribution in [2.75, 3.05) is 13.2 Å². The third-order valence-corrected chi connectivity index (χ3v) is 11.5. The zero-order valence-electron chi connectivity index (χ0n) is 47.0. The Kier molecular flexibility index (Phi) is 56.1. The van der Waals surface area contributed by atoms with Crippen LogP contribution in [0.3, 0.4) is 0 Å². The van der Waals surface area contributed by atoms with Crippen LogP contribution in [0, 0.1) is 0 Å². The third kappa shape index (κ3) is 57.7. The first kappa shape index (κ1) is 68.8. The van der Waals surface area contributed by atoms with Crippen LogP contribution in [0.15, 0.2) is 170 Å². The van der Waals surface area contributed by atoms with Gasteiger partial charge in [0.25, 0.3) is 0 Å². The Morgan fingerprint density at radius 3 is 0.878 bits per heavy atom. The zero-order valence-corrected chi connectivity index (χ0v) is 47.0. The fourth-order valence-electron chi connectivity index (χ4n) is 7.19. The van der Waals surface area contributed by atoms with E-state index in [4.69, 9.17) is 14.2 Å². The summed E-state index contributed by atoms with van der Waals surface area (Å²) in [6.07, 6.45) is 89.6. The Hall–Kier alpha value is -5.23. The van der Waals surface area contributed by atoms with Crippen molar-refractivity contribution in [2.45, 2.75) is 226 Å². The molecule has 412 valence electrons. The quantitative estimate of drug-likeness (QED) is 0.0261. The molecule has 0 heterocycles. The van der Waals surface area contributed by atoms with Crippen molar-refractivity contribution in [1.29, 1.82) is 0 Å². The lowest BCUT2D eigenvalue weighted by Crippen LogP contribution is -2.30. The zero-order chi connectivity index (χ0) is 53.6. The van der Waals surface area contributed by atoms with Crippen LogP contribution < -0.4 is 0 Å². The molecule has 0 spiro atoms. The molecule has 0 radical (unpaired) electrons. The molecule has 1 unspecified atom stereocenters. The molecule has 0 bridgehead atoms. The SMILES string of the molecule is CC/C=C\C/C=C\C/C=C\C/C=C\C/C=C\C/C=C\C/C=C\C/C=C\C/C=C\C/C=C\CCCCCCC(=O)OCC(COC(=O)CCCCCCCCCC)OC(=O)CC/C=C\C/C=C\C/C=C\C/C=C\CC. The molecule has 74 heavy (non-hydrogen) atoms. The summed E-state index contributed by atoms with van der Waals surface area (Å²) in [6.45, 7) is 6.26. The first-order valence-corrected chi connectivity index (χ1v) is 29.1. The van der Waals surface area contributed by atoms with Crippen LogP contribution in [0.25, 0.3) is 0 Å². The van der Waals surface area contributed by atoms with Crippen molar-refractivity contribution in [3.05, 3.63) is 170 Å². The molecule has 0 fully saturated rings. The summed E-state index contributed by atoms with van der Waals surface area (Å²) in [7, 11) is 0. The van der Waals surface area contributed by atoms with Gasteiger partial charge in [0, 0.05) is 19.3 Å². The maximum absolute atomic E-state index is 12.7. The van der Waals surface area contributed by atoms with Crippen LogP contribution in [-0.2, 0) is 28.6 Å². The molecule has 0 aliphatic carbocycles. The lowest BCUT2D eigenvalue weighted by Gasteiger charge is -2.18. The molecule has 0 saturated heterocycles. The maximum Gasteiger partial charge on any atom is 0.306 e. The van der Waals surface area contributed by atoms with E-state index in [9.17, 15) is 14.4 Å². The molecular formula is C68H104O6. The van der Waals surface area contributed by atoms with Crippen LogP contribution in [-0.4, -0.2) is 37.2 Å². The summed E-state index contributed by atoms with van der Waals surface area (Å²) >= 11 is 0. The second kappa shape index (κ2) is 60.3. The highest BCUT2D eigenvalue weighted by atomic mass is 16.6. The number of allylic oxidation sites excluding steroid dienone is 28. The molecule has 6 nitrogen and oxygen atoms in total. The Bertz CT molecular complexity index is 1740. The van der Waals surface area contributed by atoms with E-state index >= 15 is 0 Å². The number of esters is 3. The van der Waals surface area contributed by atoms with Crippen molar-refractivity contribution in [2.24, 2.45) is 0 Å². The number of unbranched alkanes of at least 4 members (excludes halogenated alkanes) is 11. The van der Waals surface area contributed by atoms with Crippen molar-refractivity contribution in [3.63, 3.8) is 0 Å². The largest absolute Gasteiger partial charge is 0.462 e. The number of hydrogen-bond acceptors (Lipinski definition) is 6. The standard InChI is InChI=1S/C68H104O6/c1-4-7-10-13-16-19-21-23-24-25-26-27-28-29-30-31-32-33-34-35-36-37-38-39-40-41-42-43-44-46-47-49-52-55-58-61-67(70)73-64-65(63-72-66(69)60-57-54-51-18-15-12-9-6-3)74-68(71)62-59-56-53-50-48-45-22-20-17-14-11-8-5-2/h7-8,10-11,16-17,19-20,23-24,26-27,29-30,32-33,35-36,38-39,41-42,44-46,48,53,56,65H,4-6,9,12-15,18,21-22,25,28,31,34,37,40,43,47,49-52,54-55,57-64H2,1-3H3/b10-7-,11-8-,19-16-,20-17-,24-23-,27-26-,30-29-,33-32-,36-35-,39-38-,42-41-,46-44-,48-45-,56-53-.